The third-order valence-electron chi connectivity index (χ3n) is 6.08. The highest BCUT2D eigenvalue weighted by Gasteiger charge is 2.28. The molecule has 1 aliphatic carbocycles. The number of carbonyl (C=O) groups is 1. The number of rotatable bonds is 8. The second-order valence-electron chi connectivity index (χ2n) is 8.11. The highest BCUT2D eigenvalue weighted by atomic mass is 16.1. The van der Waals surface area contributed by atoms with E-state index in [0.717, 1.165) is 48.2 Å². The van der Waals surface area contributed by atoms with Gasteiger partial charge in [-0.15, -0.1) is 0 Å². The van der Waals surface area contributed by atoms with E-state index in [1.165, 1.54) is 5.56 Å². The van der Waals surface area contributed by atoms with Crippen molar-refractivity contribution < 1.29 is 4.79 Å². The summed E-state index contributed by atoms with van der Waals surface area (Å²) in [5, 5.41) is 0. The van der Waals surface area contributed by atoms with Gasteiger partial charge in [-0.05, 0) is 69.5 Å². The second kappa shape index (κ2) is 8.93. The molecule has 2 atom stereocenters. The lowest BCUT2D eigenvalue weighted by Crippen LogP contribution is -2.32. The molecule has 1 amide bonds. The van der Waals surface area contributed by atoms with Gasteiger partial charge in [0.25, 0.3) is 0 Å². The monoisotopic (exact) mass is 406 g/mol. The zero-order chi connectivity index (χ0) is 21.1. The number of hydrogen-bond donors (Lipinski definition) is 2. The van der Waals surface area contributed by atoms with Crippen LogP contribution in [-0.4, -0.2) is 38.9 Å². The number of aryl methyl sites for hydroxylation is 1. The molecular weight excluding hydrogens is 376 g/mol. The summed E-state index contributed by atoms with van der Waals surface area (Å²) in [7, 11) is 2.11. The topological polar surface area (TPSA) is 103 Å². The van der Waals surface area contributed by atoms with E-state index in [2.05, 4.69) is 23.0 Å². The SMILES string of the molecule is CN(Cc1nc2ccccc2n1C(CCCN)C(N)=O)C1CCCc2cccnc21. The molecule has 1 aliphatic rings. The predicted octanol–water partition coefficient (Wildman–Crippen LogP) is 2.71. The van der Waals surface area contributed by atoms with Crippen LogP contribution in [0.15, 0.2) is 42.6 Å². The Kier molecular flexibility index (Phi) is 6.11. The average Bonchev–Trinajstić information content (AvgIpc) is 3.11. The first kappa shape index (κ1) is 20.5. The smallest absolute Gasteiger partial charge is 0.240 e. The van der Waals surface area contributed by atoms with Crippen molar-refractivity contribution in [3.63, 3.8) is 0 Å². The summed E-state index contributed by atoms with van der Waals surface area (Å²) in [5.41, 5.74) is 15.8. The van der Waals surface area contributed by atoms with E-state index in [4.69, 9.17) is 16.5 Å². The zero-order valence-electron chi connectivity index (χ0n) is 17.5. The molecule has 2 unspecified atom stereocenters. The summed E-state index contributed by atoms with van der Waals surface area (Å²) >= 11 is 0. The fourth-order valence-corrected chi connectivity index (χ4v) is 4.61. The van der Waals surface area contributed by atoms with Crippen molar-refractivity contribution in [2.24, 2.45) is 11.5 Å². The molecule has 158 valence electrons. The number of nitrogens with two attached hydrogens (primary N) is 2. The summed E-state index contributed by atoms with van der Waals surface area (Å²) in [6, 6.07) is 11.9. The van der Waals surface area contributed by atoms with Gasteiger partial charge in [-0.1, -0.05) is 18.2 Å². The lowest BCUT2D eigenvalue weighted by atomic mass is 9.91. The van der Waals surface area contributed by atoms with Crippen LogP contribution in [0.25, 0.3) is 11.0 Å². The average molecular weight is 407 g/mol. The van der Waals surface area contributed by atoms with E-state index in [0.29, 0.717) is 19.5 Å². The number of nitrogens with zero attached hydrogens (tertiary/aromatic N) is 4. The lowest BCUT2D eigenvalue weighted by Gasteiger charge is -2.32. The van der Waals surface area contributed by atoms with Gasteiger partial charge in [0.2, 0.25) is 5.91 Å². The Hall–Kier alpha value is -2.77. The van der Waals surface area contributed by atoms with E-state index in [9.17, 15) is 4.79 Å². The molecule has 0 radical (unpaired) electrons. The summed E-state index contributed by atoms with van der Waals surface area (Å²) < 4.78 is 2.02. The fourth-order valence-electron chi connectivity index (χ4n) is 4.61. The van der Waals surface area contributed by atoms with Crippen LogP contribution in [0.1, 0.15) is 54.8 Å². The molecule has 3 aromatic rings. The summed E-state index contributed by atoms with van der Waals surface area (Å²) in [4.78, 5) is 24.2. The summed E-state index contributed by atoms with van der Waals surface area (Å²) in [6.07, 6.45) is 6.49. The Morgan fingerprint density at radius 2 is 2.13 bits per heavy atom. The Morgan fingerprint density at radius 1 is 1.30 bits per heavy atom. The van der Waals surface area contributed by atoms with Crippen LogP contribution >= 0.6 is 0 Å². The van der Waals surface area contributed by atoms with Gasteiger partial charge >= 0.3 is 0 Å². The highest BCUT2D eigenvalue weighted by molar-refractivity contribution is 5.83. The Morgan fingerprint density at radius 3 is 2.93 bits per heavy atom. The van der Waals surface area contributed by atoms with Gasteiger partial charge < -0.3 is 16.0 Å². The van der Waals surface area contributed by atoms with Crippen molar-refractivity contribution in [2.75, 3.05) is 13.6 Å². The van der Waals surface area contributed by atoms with Gasteiger partial charge in [-0.25, -0.2) is 4.98 Å². The molecule has 0 spiro atoms. The maximum absolute atomic E-state index is 12.4. The molecular formula is C23H30N6O. The second-order valence-corrected chi connectivity index (χ2v) is 8.11. The molecule has 2 heterocycles. The van der Waals surface area contributed by atoms with Gasteiger partial charge in [0.05, 0.1) is 29.3 Å². The molecule has 7 heteroatoms. The van der Waals surface area contributed by atoms with Gasteiger partial charge in [-0.3, -0.25) is 14.7 Å². The number of primary amides is 1. The maximum Gasteiger partial charge on any atom is 0.240 e. The van der Waals surface area contributed by atoms with E-state index in [1.54, 1.807) is 0 Å². The number of imidazole rings is 1. The van der Waals surface area contributed by atoms with Crippen LogP contribution in [0.3, 0.4) is 0 Å². The standard InChI is InChI=1S/C23H30N6O/c1-28(19-11-4-7-16-8-6-14-26-22(16)19)15-21-27-17-9-2-3-10-18(17)29(21)20(23(25)30)12-5-13-24/h2-3,6,8-10,14,19-20H,4-5,7,11-13,15,24H2,1H3,(H2,25,30). The zero-order valence-corrected chi connectivity index (χ0v) is 17.5. The van der Waals surface area contributed by atoms with Crippen LogP contribution in [0, 0.1) is 0 Å². The van der Waals surface area contributed by atoms with E-state index in [-0.39, 0.29) is 11.9 Å². The number of aromatic nitrogens is 3. The molecule has 0 saturated heterocycles. The van der Waals surface area contributed by atoms with Crippen molar-refractivity contribution in [1.82, 2.24) is 19.4 Å². The van der Waals surface area contributed by atoms with Crippen LogP contribution in [0.2, 0.25) is 0 Å². The van der Waals surface area contributed by atoms with Gasteiger partial charge in [0.15, 0.2) is 0 Å². The highest BCUT2D eigenvalue weighted by Crippen LogP contribution is 2.33. The first-order valence-corrected chi connectivity index (χ1v) is 10.7. The Labute approximate surface area is 177 Å². The molecule has 7 nitrogen and oxygen atoms in total. The first-order valence-electron chi connectivity index (χ1n) is 10.7. The van der Waals surface area contributed by atoms with Crippen molar-refractivity contribution in [3.8, 4) is 0 Å². The largest absolute Gasteiger partial charge is 0.368 e. The Balaban J connectivity index is 1.70. The third-order valence-corrected chi connectivity index (χ3v) is 6.08. The molecule has 0 bridgehead atoms. The van der Waals surface area contributed by atoms with Crippen LogP contribution in [0.5, 0.6) is 0 Å². The van der Waals surface area contributed by atoms with Gasteiger partial charge in [0, 0.05) is 6.20 Å². The molecule has 0 saturated carbocycles. The van der Waals surface area contributed by atoms with Crippen molar-refractivity contribution in [1.29, 1.82) is 0 Å². The molecule has 0 aliphatic heterocycles. The van der Waals surface area contributed by atoms with Crippen LogP contribution < -0.4 is 11.5 Å². The number of carbonyl (C=O) groups excluding carboxylic acids is 1. The van der Waals surface area contributed by atoms with Crippen molar-refractivity contribution >= 4 is 16.9 Å². The summed E-state index contributed by atoms with van der Waals surface area (Å²) in [5.74, 6) is 0.503. The first-order chi connectivity index (χ1) is 14.6. The minimum absolute atomic E-state index is 0.235. The van der Waals surface area contributed by atoms with Gasteiger partial charge in [-0.2, -0.15) is 0 Å². The maximum atomic E-state index is 12.4. The van der Waals surface area contributed by atoms with E-state index >= 15 is 0 Å². The van der Waals surface area contributed by atoms with E-state index in [1.807, 2.05) is 41.1 Å². The Bertz CT molecular complexity index is 1030. The molecule has 4 N–H and O–H groups in total. The normalized spacial score (nSPS) is 17.2. The summed E-state index contributed by atoms with van der Waals surface area (Å²) in [6.45, 7) is 1.14. The number of para-hydroxylation sites is 2. The fraction of sp³-hybridized carbons (Fsp3) is 0.435. The van der Waals surface area contributed by atoms with Crippen molar-refractivity contribution in [3.05, 3.63) is 59.7 Å². The van der Waals surface area contributed by atoms with Crippen LogP contribution in [0.4, 0.5) is 0 Å². The van der Waals surface area contributed by atoms with E-state index < -0.39 is 6.04 Å². The quantitative estimate of drug-likeness (QED) is 0.599. The van der Waals surface area contributed by atoms with Crippen LogP contribution in [-0.2, 0) is 17.8 Å². The molecule has 30 heavy (non-hydrogen) atoms. The van der Waals surface area contributed by atoms with Crippen molar-refractivity contribution in [2.45, 2.75) is 50.7 Å². The predicted molar refractivity (Wildman–Crippen MR) is 118 cm³/mol. The number of hydrogen-bond acceptors (Lipinski definition) is 5. The minimum atomic E-state index is -0.457. The molecule has 1 aromatic carbocycles. The number of pyridine rings is 1. The molecule has 4 rings (SSSR count). The number of fused-ring (bicyclic) bond motifs is 2. The lowest BCUT2D eigenvalue weighted by molar-refractivity contribution is -0.121. The number of benzene rings is 1. The number of amides is 1. The third kappa shape index (κ3) is 3.95. The van der Waals surface area contributed by atoms with Gasteiger partial charge in [0.1, 0.15) is 11.9 Å². The molecule has 2 aromatic heterocycles. The minimum Gasteiger partial charge on any atom is -0.368 e. The molecule has 0 fully saturated rings.